The molecule has 0 radical (unpaired) electrons. The SMILES string of the molecule is CSCCCNC(=NCc1nnc(C)n1C)NCCCC1CCCCC1.I. The summed E-state index contributed by atoms with van der Waals surface area (Å²) < 4.78 is 2.00. The molecule has 1 aromatic rings. The molecule has 0 amide bonds. The number of thioether (sulfide) groups is 1. The summed E-state index contributed by atoms with van der Waals surface area (Å²) in [5.41, 5.74) is 0. The molecule has 6 nitrogen and oxygen atoms in total. The fraction of sp³-hybridized carbons (Fsp3) is 0.842. The van der Waals surface area contributed by atoms with Crippen molar-refractivity contribution < 1.29 is 0 Å². The maximum Gasteiger partial charge on any atom is 0.191 e. The number of nitrogens with one attached hydrogen (secondary N) is 2. The minimum Gasteiger partial charge on any atom is -0.356 e. The largest absolute Gasteiger partial charge is 0.356 e. The number of aromatic nitrogens is 3. The van der Waals surface area contributed by atoms with E-state index in [1.807, 2.05) is 30.3 Å². The second-order valence-corrected chi connectivity index (χ2v) is 8.22. The summed E-state index contributed by atoms with van der Waals surface area (Å²) in [6.07, 6.45) is 13.0. The van der Waals surface area contributed by atoms with Crippen molar-refractivity contribution in [1.29, 1.82) is 0 Å². The molecule has 1 heterocycles. The Morgan fingerprint density at radius 1 is 1.15 bits per heavy atom. The molecular weight excluding hydrogens is 471 g/mol. The maximum atomic E-state index is 4.71. The number of guanidine groups is 1. The van der Waals surface area contributed by atoms with E-state index in [9.17, 15) is 0 Å². The van der Waals surface area contributed by atoms with Crippen LogP contribution in [0.5, 0.6) is 0 Å². The van der Waals surface area contributed by atoms with Gasteiger partial charge in [0, 0.05) is 20.1 Å². The number of aliphatic imine (C=N–C) groups is 1. The van der Waals surface area contributed by atoms with Gasteiger partial charge in [0.2, 0.25) is 0 Å². The predicted octanol–water partition coefficient (Wildman–Crippen LogP) is 3.89. The smallest absolute Gasteiger partial charge is 0.191 e. The fourth-order valence-corrected chi connectivity index (χ4v) is 3.84. The average Bonchev–Trinajstić information content (AvgIpc) is 2.98. The van der Waals surface area contributed by atoms with Crippen LogP contribution in [0.1, 0.15) is 63.0 Å². The first-order chi connectivity index (χ1) is 12.7. The lowest BCUT2D eigenvalue weighted by atomic mass is 9.86. The van der Waals surface area contributed by atoms with E-state index in [-0.39, 0.29) is 24.0 Å². The van der Waals surface area contributed by atoms with E-state index in [4.69, 9.17) is 4.99 Å². The summed E-state index contributed by atoms with van der Waals surface area (Å²) in [6.45, 7) is 4.46. The van der Waals surface area contributed by atoms with Crippen LogP contribution in [-0.4, -0.2) is 45.8 Å². The van der Waals surface area contributed by atoms with E-state index in [0.717, 1.165) is 43.0 Å². The van der Waals surface area contributed by atoms with E-state index in [1.165, 1.54) is 50.7 Å². The molecule has 1 aromatic heterocycles. The zero-order valence-corrected chi connectivity index (χ0v) is 20.3. The Hall–Kier alpha value is -0.510. The van der Waals surface area contributed by atoms with E-state index in [1.54, 1.807) is 0 Å². The number of halogens is 1. The van der Waals surface area contributed by atoms with Crippen molar-refractivity contribution in [2.45, 2.75) is 64.8 Å². The van der Waals surface area contributed by atoms with Gasteiger partial charge in [-0.2, -0.15) is 11.8 Å². The van der Waals surface area contributed by atoms with Gasteiger partial charge in [-0.05, 0) is 44.1 Å². The summed E-state index contributed by atoms with van der Waals surface area (Å²) in [4.78, 5) is 4.71. The standard InChI is InChI=1S/C19H36N6S.HI/c1-16-23-24-18(25(16)2)15-22-19(21-13-8-14-26-3)20-12-7-11-17-9-5-4-6-10-17;/h17H,4-15H2,1-3H3,(H2,20,21,22);1H. The number of hydrogen-bond donors (Lipinski definition) is 2. The van der Waals surface area contributed by atoms with Crippen molar-refractivity contribution in [3.8, 4) is 0 Å². The zero-order valence-electron chi connectivity index (χ0n) is 17.2. The zero-order chi connectivity index (χ0) is 18.6. The molecule has 0 aromatic carbocycles. The van der Waals surface area contributed by atoms with E-state index < -0.39 is 0 Å². The highest BCUT2D eigenvalue weighted by molar-refractivity contribution is 14.0. The first-order valence-corrected chi connectivity index (χ1v) is 11.5. The summed E-state index contributed by atoms with van der Waals surface area (Å²) >= 11 is 1.88. The molecule has 2 N–H and O–H groups in total. The highest BCUT2D eigenvalue weighted by Gasteiger charge is 2.12. The molecule has 1 aliphatic rings. The molecule has 0 unspecified atom stereocenters. The molecular formula is C19H37IN6S. The van der Waals surface area contributed by atoms with Gasteiger partial charge < -0.3 is 15.2 Å². The van der Waals surface area contributed by atoms with E-state index in [2.05, 4.69) is 27.1 Å². The van der Waals surface area contributed by atoms with Crippen LogP contribution in [0.2, 0.25) is 0 Å². The van der Waals surface area contributed by atoms with E-state index >= 15 is 0 Å². The third-order valence-electron chi connectivity index (χ3n) is 5.19. The van der Waals surface area contributed by atoms with Crippen molar-refractivity contribution in [2.24, 2.45) is 18.0 Å². The quantitative estimate of drug-likeness (QED) is 0.217. The predicted molar refractivity (Wildman–Crippen MR) is 127 cm³/mol. The van der Waals surface area contributed by atoms with Crippen molar-refractivity contribution in [1.82, 2.24) is 25.4 Å². The Balaban J connectivity index is 0.00000364. The Kier molecular flexibility index (Phi) is 13.2. The van der Waals surface area contributed by atoms with E-state index in [0.29, 0.717) is 6.54 Å². The molecule has 1 saturated carbocycles. The molecule has 0 bridgehead atoms. The van der Waals surface area contributed by atoms with Crippen LogP contribution in [0, 0.1) is 12.8 Å². The normalized spacial score (nSPS) is 15.4. The van der Waals surface area contributed by atoms with Gasteiger partial charge in [-0.3, -0.25) is 0 Å². The lowest BCUT2D eigenvalue weighted by Gasteiger charge is -2.21. The molecule has 156 valence electrons. The van der Waals surface area contributed by atoms with Crippen LogP contribution in [0.3, 0.4) is 0 Å². The van der Waals surface area contributed by atoms with Gasteiger partial charge in [0.1, 0.15) is 12.4 Å². The molecule has 0 atom stereocenters. The molecule has 2 rings (SSSR count). The van der Waals surface area contributed by atoms with Gasteiger partial charge in [-0.25, -0.2) is 4.99 Å². The average molecular weight is 509 g/mol. The Labute approximate surface area is 186 Å². The third-order valence-corrected chi connectivity index (χ3v) is 5.88. The lowest BCUT2D eigenvalue weighted by Crippen LogP contribution is -2.38. The molecule has 1 aliphatic carbocycles. The summed E-state index contributed by atoms with van der Waals surface area (Å²) in [6, 6.07) is 0. The van der Waals surface area contributed by atoms with Crippen molar-refractivity contribution in [3.05, 3.63) is 11.6 Å². The maximum absolute atomic E-state index is 4.71. The molecule has 0 saturated heterocycles. The first-order valence-electron chi connectivity index (χ1n) is 10.1. The first kappa shape index (κ1) is 24.5. The Morgan fingerprint density at radius 2 is 1.85 bits per heavy atom. The second kappa shape index (κ2) is 14.5. The molecule has 0 spiro atoms. The van der Waals surface area contributed by atoms with Crippen LogP contribution in [0.15, 0.2) is 4.99 Å². The van der Waals surface area contributed by atoms with Crippen molar-refractivity contribution in [3.63, 3.8) is 0 Å². The van der Waals surface area contributed by atoms with Gasteiger partial charge in [0.25, 0.3) is 0 Å². The van der Waals surface area contributed by atoms with Gasteiger partial charge in [-0.1, -0.05) is 32.1 Å². The molecule has 0 aliphatic heterocycles. The van der Waals surface area contributed by atoms with Crippen LogP contribution in [-0.2, 0) is 13.6 Å². The molecule has 1 fully saturated rings. The van der Waals surface area contributed by atoms with Crippen LogP contribution in [0.4, 0.5) is 0 Å². The van der Waals surface area contributed by atoms with Gasteiger partial charge in [0.05, 0.1) is 0 Å². The topological polar surface area (TPSA) is 67.1 Å². The third kappa shape index (κ3) is 9.49. The number of aryl methyl sites for hydroxylation is 1. The summed E-state index contributed by atoms with van der Waals surface area (Å²) in [5, 5.41) is 15.3. The highest BCUT2D eigenvalue weighted by atomic mass is 127. The van der Waals surface area contributed by atoms with Gasteiger partial charge in [-0.15, -0.1) is 34.2 Å². The number of nitrogens with zero attached hydrogens (tertiary/aromatic N) is 4. The number of hydrogen-bond acceptors (Lipinski definition) is 4. The monoisotopic (exact) mass is 508 g/mol. The second-order valence-electron chi connectivity index (χ2n) is 7.23. The Morgan fingerprint density at radius 3 is 2.48 bits per heavy atom. The molecule has 27 heavy (non-hydrogen) atoms. The van der Waals surface area contributed by atoms with Crippen molar-refractivity contribution >= 4 is 41.7 Å². The van der Waals surface area contributed by atoms with Crippen LogP contribution in [0.25, 0.3) is 0 Å². The number of rotatable bonds is 10. The molecule has 8 heteroatoms. The lowest BCUT2D eigenvalue weighted by molar-refractivity contribution is 0.332. The van der Waals surface area contributed by atoms with Crippen molar-refractivity contribution in [2.75, 3.05) is 25.1 Å². The van der Waals surface area contributed by atoms with Crippen LogP contribution < -0.4 is 10.6 Å². The minimum atomic E-state index is 0. The summed E-state index contributed by atoms with van der Waals surface area (Å²) in [7, 11) is 1.99. The highest BCUT2D eigenvalue weighted by Crippen LogP contribution is 2.26. The Bertz CT molecular complexity index is 542. The summed E-state index contributed by atoms with van der Waals surface area (Å²) in [5.74, 6) is 4.84. The fourth-order valence-electron chi connectivity index (χ4n) is 3.41. The van der Waals surface area contributed by atoms with Gasteiger partial charge in [0.15, 0.2) is 11.8 Å². The van der Waals surface area contributed by atoms with Gasteiger partial charge >= 0.3 is 0 Å². The van der Waals surface area contributed by atoms with Crippen LogP contribution >= 0.6 is 35.7 Å². The minimum absolute atomic E-state index is 0.